The first-order valence-corrected chi connectivity index (χ1v) is 7.40. The van der Waals surface area contributed by atoms with Gasteiger partial charge in [0, 0.05) is 26.0 Å². The van der Waals surface area contributed by atoms with Crippen LogP contribution in [0.5, 0.6) is 0 Å². The zero-order valence-corrected chi connectivity index (χ0v) is 13.6. The molecule has 2 rings (SSSR count). The lowest BCUT2D eigenvalue weighted by Crippen LogP contribution is -2.30. The highest BCUT2D eigenvalue weighted by atomic mass is 16.2. The van der Waals surface area contributed by atoms with Gasteiger partial charge in [0.15, 0.2) is 0 Å². The minimum Gasteiger partial charge on any atom is -0.322 e. The Kier molecular flexibility index (Phi) is 5.27. The van der Waals surface area contributed by atoms with Gasteiger partial charge < -0.3 is 5.32 Å². The SMILES string of the molecule is CCc1ccc(CN(C)CC(=O)Nc2cn(C)nc2C)nc1. The lowest BCUT2D eigenvalue weighted by atomic mass is 10.2. The minimum absolute atomic E-state index is 0.0521. The maximum atomic E-state index is 12.1. The van der Waals surface area contributed by atoms with E-state index in [1.807, 2.05) is 38.2 Å². The zero-order valence-electron chi connectivity index (χ0n) is 13.6. The number of rotatable bonds is 6. The van der Waals surface area contributed by atoms with E-state index < -0.39 is 0 Å². The lowest BCUT2D eigenvalue weighted by molar-refractivity contribution is -0.117. The molecule has 0 saturated carbocycles. The van der Waals surface area contributed by atoms with Crippen molar-refractivity contribution < 1.29 is 4.79 Å². The summed E-state index contributed by atoms with van der Waals surface area (Å²) in [5.74, 6) is -0.0521. The standard InChI is InChI=1S/C16H23N5O/c1-5-13-6-7-14(17-8-13)9-20(3)11-16(22)18-15-10-21(4)19-12(15)2/h6-8,10H,5,9,11H2,1-4H3,(H,18,22). The number of carbonyl (C=O) groups is 1. The highest BCUT2D eigenvalue weighted by molar-refractivity contribution is 5.92. The molecule has 0 unspecified atom stereocenters. The molecule has 118 valence electrons. The number of nitrogens with one attached hydrogen (secondary N) is 1. The summed E-state index contributed by atoms with van der Waals surface area (Å²) in [6.07, 6.45) is 4.68. The van der Waals surface area contributed by atoms with Gasteiger partial charge in [-0.25, -0.2) is 0 Å². The third kappa shape index (κ3) is 4.39. The topological polar surface area (TPSA) is 63.1 Å². The molecule has 0 radical (unpaired) electrons. The van der Waals surface area contributed by atoms with Crippen molar-refractivity contribution in [3.8, 4) is 0 Å². The van der Waals surface area contributed by atoms with Crippen molar-refractivity contribution in [1.29, 1.82) is 0 Å². The molecule has 2 aromatic heterocycles. The van der Waals surface area contributed by atoms with Crippen molar-refractivity contribution in [2.45, 2.75) is 26.8 Å². The smallest absolute Gasteiger partial charge is 0.238 e. The van der Waals surface area contributed by atoms with Crippen molar-refractivity contribution in [2.24, 2.45) is 7.05 Å². The second-order valence-corrected chi connectivity index (χ2v) is 5.53. The van der Waals surface area contributed by atoms with Crippen LogP contribution in [0.4, 0.5) is 5.69 Å². The second-order valence-electron chi connectivity index (χ2n) is 5.53. The van der Waals surface area contributed by atoms with E-state index in [1.54, 1.807) is 10.9 Å². The van der Waals surface area contributed by atoms with Gasteiger partial charge in [-0.2, -0.15) is 5.10 Å². The Morgan fingerprint density at radius 3 is 2.73 bits per heavy atom. The van der Waals surface area contributed by atoms with Gasteiger partial charge in [-0.1, -0.05) is 13.0 Å². The average Bonchev–Trinajstić information content (AvgIpc) is 2.77. The predicted octanol–water partition coefficient (Wildman–Crippen LogP) is 1.76. The number of pyridine rings is 1. The van der Waals surface area contributed by atoms with Crippen LogP contribution in [0, 0.1) is 6.92 Å². The summed E-state index contributed by atoms with van der Waals surface area (Å²) in [7, 11) is 3.74. The summed E-state index contributed by atoms with van der Waals surface area (Å²) in [6, 6.07) is 4.09. The van der Waals surface area contributed by atoms with Gasteiger partial charge in [0.05, 0.1) is 23.6 Å². The number of nitrogens with zero attached hydrogens (tertiary/aromatic N) is 4. The largest absolute Gasteiger partial charge is 0.322 e. The summed E-state index contributed by atoms with van der Waals surface area (Å²) in [6.45, 7) is 4.93. The Morgan fingerprint density at radius 1 is 1.41 bits per heavy atom. The van der Waals surface area contributed by atoms with Crippen LogP contribution in [0.25, 0.3) is 0 Å². The van der Waals surface area contributed by atoms with Crippen molar-refractivity contribution in [3.63, 3.8) is 0 Å². The van der Waals surface area contributed by atoms with Crippen molar-refractivity contribution in [2.75, 3.05) is 18.9 Å². The average molecular weight is 301 g/mol. The number of aryl methyl sites for hydroxylation is 3. The molecule has 6 heteroatoms. The summed E-state index contributed by atoms with van der Waals surface area (Å²) in [5.41, 5.74) is 3.75. The maximum Gasteiger partial charge on any atom is 0.238 e. The molecule has 2 heterocycles. The van der Waals surface area contributed by atoms with Crippen molar-refractivity contribution >= 4 is 11.6 Å². The molecule has 2 aromatic rings. The maximum absolute atomic E-state index is 12.1. The van der Waals surface area contributed by atoms with Crippen molar-refractivity contribution in [3.05, 3.63) is 41.5 Å². The summed E-state index contributed by atoms with van der Waals surface area (Å²) < 4.78 is 1.69. The Balaban J connectivity index is 1.86. The van der Waals surface area contributed by atoms with Crippen LogP contribution < -0.4 is 5.32 Å². The van der Waals surface area contributed by atoms with E-state index in [9.17, 15) is 4.79 Å². The molecule has 0 aliphatic carbocycles. The number of likely N-dealkylation sites (N-methyl/N-ethyl adjacent to an activating group) is 1. The molecule has 0 bridgehead atoms. The number of amides is 1. The fourth-order valence-electron chi connectivity index (χ4n) is 2.25. The third-order valence-electron chi connectivity index (χ3n) is 3.43. The van der Waals surface area contributed by atoms with Crippen LogP contribution in [0.3, 0.4) is 0 Å². The number of hydrogen-bond donors (Lipinski definition) is 1. The monoisotopic (exact) mass is 301 g/mol. The first kappa shape index (κ1) is 16.2. The molecule has 6 nitrogen and oxygen atoms in total. The fourth-order valence-corrected chi connectivity index (χ4v) is 2.25. The van der Waals surface area contributed by atoms with E-state index in [4.69, 9.17) is 0 Å². The van der Waals surface area contributed by atoms with Gasteiger partial charge in [-0.3, -0.25) is 19.4 Å². The predicted molar refractivity (Wildman–Crippen MR) is 86.5 cm³/mol. The molecule has 0 aliphatic rings. The van der Waals surface area contributed by atoms with Gasteiger partial charge >= 0.3 is 0 Å². The van der Waals surface area contributed by atoms with Crippen molar-refractivity contribution in [1.82, 2.24) is 19.7 Å². The quantitative estimate of drug-likeness (QED) is 0.883. The lowest BCUT2D eigenvalue weighted by Gasteiger charge is -2.15. The molecule has 0 saturated heterocycles. The molecule has 0 spiro atoms. The Bertz CT molecular complexity index is 632. The van der Waals surface area contributed by atoms with Gasteiger partial charge in [0.1, 0.15) is 0 Å². The molecule has 0 aliphatic heterocycles. The number of anilines is 1. The minimum atomic E-state index is -0.0521. The highest BCUT2D eigenvalue weighted by Gasteiger charge is 2.11. The van der Waals surface area contributed by atoms with E-state index in [2.05, 4.69) is 28.4 Å². The Morgan fingerprint density at radius 2 is 2.18 bits per heavy atom. The van der Waals surface area contributed by atoms with Gasteiger partial charge in [-0.05, 0) is 32.0 Å². The molecule has 1 N–H and O–H groups in total. The Labute approximate surface area is 131 Å². The first-order valence-electron chi connectivity index (χ1n) is 7.40. The first-order chi connectivity index (χ1) is 10.5. The van der Waals surface area contributed by atoms with Crippen LogP contribution in [-0.2, 0) is 24.8 Å². The van der Waals surface area contributed by atoms with Crippen LogP contribution in [0.2, 0.25) is 0 Å². The van der Waals surface area contributed by atoms with Gasteiger partial charge in [0.25, 0.3) is 0 Å². The molecule has 0 fully saturated rings. The number of hydrogen-bond acceptors (Lipinski definition) is 4. The van der Waals surface area contributed by atoms with Crippen LogP contribution in [-0.4, -0.2) is 39.2 Å². The van der Waals surface area contributed by atoms with E-state index in [-0.39, 0.29) is 5.91 Å². The number of aromatic nitrogens is 3. The van der Waals surface area contributed by atoms with Crippen LogP contribution in [0.15, 0.2) is 24.5 Å². The van der Waals surface area contributed by atoms with E-state index in [1.165, 1.54) is 5.56 Å². The highest BCUT2D eigenvalue weighted by Crippen LogP contribution is 2.11. The van der Waals surface area contributed by atoms with Gasteiger partial charge in [0.2, 0.25) is 5.91 Å². The third-order valence-corrected chi connectivity index (χ3v) is 3.43. The fraction of sp³-hybridized carbons (Fsp3) is 0.438. The second kappa shape index (κ2) is 7.17. The summed E-state index contributed by atoms with van der Waals surface area (Å²) in [5, 5.41) is 7.09. The molecular weight excluding hydrogens is 278 g/mol. The molecule has 0 aromatic carbocycles. The van der Waals surface area contributed by atoms with Gasteiger partial charge in [-0.15, -0.1) is 0 Å². The zero-order chi connectivity index (χ0) is 16.1. The normalized spacial score (nSPS) is 11.0. The molecule has 0 atom stereocenters. The molecular formula is C16H23N5O. The van der Waals surface area contributed by atoms with E-state index in [0.717, 1.165) is 23.5 Å². The van der Waals surface area contributed by atoms with E-state index in [0.29, 0.717) is 13.1 Å². The van der Waals surface area contributed by atoms with Crippen LogP contribution in [0.1, 0.15) is 23.9 Å². The van der Waals surface area contributed by atoms with E-state index >= 15 is 0 Å². The summed E-state index contributed by atoms with van der Waals surface area (Å²) in [4.78, 5) is 18.4. The summed E-state index contributed by atoms with van der Waals surface area (Å²) >= 11 is 0. The molecule has 1 amide bonds. The number of carbonyl (C=O) groups excluding carboxylic acids is 1. The Hall–Kier alpha value is -2.21. The van der Waals surface area contributed by atoms with Crippen LogP contribution >= 0.6 is 0 Å². The molecule has 22 heavy (non-hydrogen) atoms.